The number of piperidine rings is 2. The summed E-state index contributed by atoms with van der Waals surface area (Å²) in [5.41, 5.74) is 10.3. The molecule has 4 rings (SSSR count). The lowest BCUT2D eigenvalue weighted by atomic mass is 9.83. The van der Waals surface area contributed by atoms with Gasteiger partial charge >= 0.3 is 0 Å². The molecular weight excluding hydrogens is 484 g/mol. The Morgan fingerprint density at radius 2 is 1.51 bits per heavy atom. The van der Waals surface area contributed by atoms with E-state index < -0.39 is 5.54 Å². The lowest BCUT2D eigenvalue weighted by molar-refractivity contribution is -0.134. The van der Waals surface area contributed by atoms with E-state index in [9.17, 15) is 4.79 Å². The van der Waals surface area contributed by atoms with Crippen LogP contribution >= 0.6 is 12.2 Å². The fraction of sp³-hybridized carbons (Fsp3) is 0.519. The van der Waals surface area contributed by atoms with Gasteiger partial charge in [0, 0.05) is 30.2 Å². The van der Waals surface area contributed by atoms with Crippen LogP contribution in [0.2, 0.25) is 0 Å². The van der Waals surface area contributed by atoms with Gasteiger partial charge in [0.05, 0.1) is 0 Å². The highest BCUT2D eigenvalue weighted by Gasteiger charge is 2.45. The largest absolute Gasteiger partial charge is 0.368 e. The molecule has 2 aromatic rings. The van der Waals surface area contributed by atoms with Gasteiger partial charge in [0.1, 0.15) is 5.54 Å². The Labute approximate surface area is 224 Å². The number of nitrogens with one attached hydrogen (secondary N) is 2. The summed E-state index contributed by atoms with van der Waals surface area (Å²) in [4.78, 5) is 31.0. The Kier molecular flexibility index (Phi) is 8.39. The third kappa shape index (κ3) is 6.61. The molecule has 3 heterocycles. The number of thiocarbonyl (C=S) groups is 1. The first-order chi connectivity index (χ1) is 17.6. The molecular formula is C27H38N8OS. The van der Waals surface area contributed by atoms with Crippen LogP contribution in [0.25, 0.3) is 0 Å². The summed E-state index contributed by atoms with van der Waals surface area (Å²) in [6.07, 6.45) is 4.69. The molecule has 37 heavy (non-hydrogen) atoms. The maximum atomic E-state index is 12.7. The highest BCUT2D eigenvalue weighted by molar-refractivity contribution is 7.80. The number of hydrogen-bond acceptors (Lipinski definition) is 5. The van der Waals surface area contributed by atoms with Crippen molar-refractivity contribution in [2.45, 2.75) is 65.3 Å². The fourth-order valence-corrected chi connectivity index (χ4v) is 5.69. The molecule has 0 aliphatic carbocycles. The normalized spacial score (nSPS) is 18.4. The van der Waals surface area contributed by atoms with Gasteiger partial charge in [-0.3, -0.25) is 15.0 Å². The molecule has 1 aromatic carbocycles. The van der Waals surface area contributed by atoms with E-state index in [1.165, 1.54) is 6.42 Å². The van der Waals surface area contributed by atoms with Gasteiger partial charge in [0.15, 0.2) is 0 Å². The van der Waals surface area contributed by atoms with Crippen molar-refractivity contribution in [3.63, 3.8) is 0 Å². The molecule has 0 spiro atoms. The van der Waals surface area contributed by atoms with Gasteiger partial charge in [-0.2, -0.15) is 4.99 Å². The van der Waals surface area contributed by atoms with Crippen LogP contribution < -0.4 is 16.4 Å². The first kappa shape index (κ1) is 26.9. The number of rotatable bonds is 4. The molecule has 0 radical (unpaired) electrons. The number of guanidine groups is 1. The Morgan fingerprint density at radius 3 is 2.08 bits per heavy atom. The topological polar surface area (TPSA) is 112 Å². The highest BCUT2D eigenvalue weighted by atomic mass is 32.1. The summed E-state index contributed by atoms with van der Waals surface area (Å²) < 4.78 is 0. The number of nitrogens with zero attached hydrogens (tertiary/aromatic N) is 5. The summed E-state index contributed by atoms with van der Waals surface area (Å²) in [5.74, 6) is 0.793. The molecule has 0 bridgehead atoms. The highest BCUT2D eigenvalue weighted by Crippen LogP contribution is 2.32. The van der Waals surface area contributed by atoms with Crippen molar-refractivity contribution in [1.29, 1.82) is 0 Å². The lowest BCUT2D eigenvalue weighted by Gasteiger charge is -2.48. The van der Waals surface area contributed by atoms with Crippen molar-refractivity contribution in [1.82, 2.24) is 19.8 Å². The number of amides is 1. The summed E-state index contributed by atoms with van der Waals surface area (Å²) in [6, 6.07) is 8.11. The zero-order chi connectivity index (χ0) is 26.6. The molecule has 2 fully saturated rings. The standard InChI is InChI=1S/C27H38N8OS/c1-18-14-19(2)16-22(15-18)31-26(37)33-25(32-24-29-20(3)17-21(4)30-24)34-12-8-27(9-13-34,23(28)36)35-10-6-5-7-11-35/h14-17H,5-13H2,1-4H3,(H2,28,36)(H2,29,30,31,32,33,37). The maximum Gasteiger partial charge on any atom is 0.238 e. The molecule has 1 amide bonds. The van der Waals surface area contributed by atoms with Crippen molar-refractivity contribution in [3.05, 3.63) is 46.8 Å². The van der Waals surface area contributed by atoms with E-state index in [0.29, 0.717) is 43.0 Å². The number of benzene rings is 1. The molecule has 10 heteroatoms. The minimum absolute atomic E-state index is 0.231. The van der Waals surface area contributed by atoms with Gasteiger partial charge < -0.3 is 16.0 Å². The van der Waals surface area contributed by atoms with E-state index >= 15 is 0 Å². The van der Waals surface area contributed by atoms with E-state index in [-0.39, 0.29) is 5.91 Å². The van der Waals surface area contributed by atoms with Crippen molar-refractivity contribution < 1.29 is 4.79 Å². The number of likely N-dealkylation sites (tertiary alicyclic amines) is 2. The zero-order valence-electron chi connectivity index (χ0n) is 22.3. The number of primary amides is 1. The van der Waals surface area contributed by atoms with Crippen molar-refractivity contribution >= 4 is 40.8 Å². The molecule has 2 aliphatic rings. The number of carbonyl (C=O) groups is 1. The molecule has 9 nitrogen and oxygen atoms in total. The fourth-order valence-electron chi connectivity index (χ4n) is 5.48. The van der Waals surface area contributed by atoms with Crippen LogP contribution in [0, 0.1) is 27.7 Å². The number of aromatic nitrogens is 2. The Hall–Kier alpha value is -3.11. The predicted octanol–water partition coefficient (Wildman–Crippen LogP) is 3.68. The molecule has 2 saturated heterocycles. The number of aryl methyl sites for hydroxylation is 4. The summed E-state index contributed by atoms with van der Waals surface area (Å²) >= 11 is 5.64. The predicted molar refractivity (Wildman–Crippen MR) is 153 cm³/mol. The van der Waals surface area contributed by atoms with Gasteiger partial charge in [-0.25, -0.2) is 9.97 Å². The SMILES string of the molecule is Cc1cc(C)cc(NC(=S)/N=C(/Nc2nc(C)cc(C)n2)N2CCC(C(N)=O)(N3CCCCC3)CC2)c1. The van der Waals surface area contributed by atoms with Crippen LogP contribution in [0.15, 0.2) is 29.3 Å². The first-order valence-electron chi connectivity index (χ1n) is 13.0. The molecule has 4 N–H and O–H groups in total. The molecule has 0 unspecified atom stereocenters. The van der Waals surface area contributed by atoms with Crippen LogP contribution in [0.4, 0.5) is 11.6 Å². The van der Waals surface area contributed by atoms with Gasteiger partial charge in [0.2, 0.25) is 22.9 Å². The maximum absolute atomic E-state index is 12.7. The molecule has 0 atom stereocenters. The van der Waals surface area contributed by atoms with E-state index in [4.69, 9.17) is 22.9 Å². The van der Waals surface area contributed by atoms with Gasteiger partial charge in [0.25, 0.3) is 0 Å². The number of hydrogen-bond donors (Lipinski definition) is 3. The number of nitrogens with two attached hydrogens (primary N) is 1. The smallest absolute Gasteiger partial charge is 0.238 e. The molecule has 1 aromatic heterocycles. The third-order valence-corrected chi connectivity index (χ3v) is 7.39. The minimum atomic E-state index is -0.615. The van der Waals surface area contributed by atoms with Gasteiger partial charge in [-0.1, -0.05) is 12.5 Å². The molecule has 2 aliphatic heterocycles. The summed E-state index contributed by atoms with van der Waals surface area (Å²) in [5, 5.41) is 6.88. The van der Waals surface area contributed by atoms with E-state index in [0.717, 1.165) is 54.1 Å². The second kappa shape index (κ2) is 11.5. The van der Waals surface area contributed by atoms with Crippen molar-refractivity contribution in [2.24, 2.45) is 10.7 Å². The average molecular weight is 523 g/mol. The summed E-state index contributed by atoms with van der Waals surface area (Å²) in [6.45, 7) is 11.0. The molecule has 198 valence electrons. The van der Waals surface area contributed by atoms with Crippen LogP contribution in [0.5, 0.6) is 0 Å². The van der Waals surface area contributed by atoms with Gasteiger partial charge in [-0.05, 0) is 108 Å². The Morgan fingerprint density at radius 1 is 0.919 bits per heavy atom. The number of aliphatic imine (C=N–C) groups is 1. The van der Waals surface area contributed by atoms with Crippen LogP contribution in [0.3, 0.4) is 0 Å². The quantitative estimate of drug-likeness (QED) is 0.317. The second-order valence-electron chi connectivity index (χ2n) is 10.3. The first-order valence-corrected chi connectivity index (χ1v) is 13.4. The second-order valence-corrected chi connectivity index (χ2v) is 10.7. The number of anilines is 2. The lowest BCUT2D eigenvalue weighted by Crippen LogP contribution is -2.64. The Balaban J connectivity index is 1.57. The molecule has 0 saturated carbocycles. The van der Waals surface area contributed by atoms with E-state index in [2.05, 4.69) is 50.3 Å². The number of carbonyl (C=O) groups excluding carboxylic acids is 1. The average Bonchev–Trinajstić information content (AvgIpc) is 2.83. The van der Waals surface area contributed by atoms with Crippen LogP contribution in [-0.4, -0.2) is 68.5 Å². The Bertz CT molecular complexity index is 1140. The van der Waals surface area contributed by atoms with Crippen molar-refractivity contribution in [3.8, 4) is 0 Å². The third-order valence-electron chi connectivity index (χ3n) is 7.20. The summed E-state index contributed by atoms with van der Waals surface area (Å²) in [7, 11) is 0. The van der Waals surface area contributed by atoms with Crippen molar-refractivity contribution in [2.75, 3.05) is 36.8 Å². The zero-order valence-corrected chi connectivity index (χ0v) is 23.1. The van der Waals surface area contributed by atoms with Crippen LogP contribution in [0.1, 0.15) is 54.6 Å². The monoisotopic (exact) mass is 522 g/mol. The van der Waals surface area contributed by atoms with E-state index in [1.54, 1.807) is 0 Å². The van der Waals surface area contributed by atoms with Gasteiger partial charge in [-0.15, -0.1) is 0 Å². The van der Waals surface area contributed by atoms with Crippen LogP contribution in [-0.2, 0) is 4.79 Å². The van der Waals surface area contributed by atoms with E-state index in [1.807, 2.05) is 32.0 Å². The minimum Gasteiger partial charge on any atom is -0.368 e.